The molecule has 0 radical (unpaired) electrons. The van der Waals surface area contributed by atoms with Gasteiger partial charge < -0.3 is 20.5 Å². The summed E-state index contributed by atoms with van der Waals surface area (Å²) in [7, 11) is 0. The van der Waals surface area contributed by atoms with E-state index in [4.69, 9.17) is 10.5 Å². The molecule has 116 valence electrons. The van der Waals surface area contributed by atoms with Crippen molar-refractivity contribution in [2.45, 2.75) is 51.2 Å². The number of hydrogen-bond acceptors (Lipinski definition) is 4. The van der Waals surface area contributed by atoms with Crippen molar-refractivity contribution in [3.8, 4) is 0 Å². The van der Waals surface area contributed by atoms with Crippen LogP contribution in [0.25, 0.3) is 0 Å². The highest BCUT2D eigenvalue weighted by Gasteiger charge is 2.46. The van der Waals surface area contributed by atoms with Crippen molar-refractivity contribution >= 4 is 5.91 Å². The smallest absolute Gasteiger partial charge is 0.242 e. The topological polar surface area (TPSA) is 75.8 Å². The summed E-state index contributed by atoms with van der Waals surface area (Å²) in [5, 5.41) is 11.0. The molecule has 20 heavy (non-hydrogen) atoms. The monoisotopic (exact) mass is 284 g/mol. The van der Waals surface area contributed by atoms with E-state index in [1.165, 1.54) is 0 Å². The number of aliphatic hydroxyl groups is 1. The highest BCUT2D eigenvalue weighted by Crippen LogP contribution is 2.39. The molecule has 0 saturated carbocycles. The van der Waals surface area contributed by atoms with Crippen LogP contribution < -0.4 is 5.73 Å². The predicted molar refractivity (Wildman–Crippen MR) is 77.1 cm³/mol. The van der Waals surface area contributed by atoms with Crippen LogP contribution in [0.15, 0.2) is 0 Å². The molecule has 2 atom stereocenters. The summed E-state index contributed by atoms with van der Waals surface area (Å²) >= 11 is 0. The molecule has 0 aromatic heterocycles. The molecule has 0 aliphatic carbocycles. The minimum atomic E-state index is -0.839. The molecule has 2 fully saturated rings. The van der Waals surface area contributed by atoms with Gasteiger partial charge in [-0.1, -0.05) is 6.92 Å². The molecule has 0 aromatic rings. The number of carbonyl (C=O) groups is 1. The Labute approximate surface area is 121 Å². The van der Waals surface area contributed by atoms with Gasteiger partial charge in [-0.2, -0.15) is 0 Å². The second kappa shape index (κ2) is 5.62. The molecule has 2 rings (SSSR count). The van der Waals surface area contributed by atoms with Gasteiger partial charge >= 0.3 is 0 Å². The first kappa shape index (κ1) is 15.7. The lowest BCUT2D eigenvalue weighted by Gasteiger charge is -2.49. The van der Waals surface area contributed by atoms with E-state index >= 15 is 0 Å². The Balaban J connectivity index is 2.03. The van der Waals surface area contributed by atoms with Crippen LogP contribution in [-0.4, -0.2) is 53.4 Å². The van der Waals surface area contributed by atoms with Gasteiger partial charge in [0.15, 0.2) is 0 Å². The van der Waals surface area contributed by atoms with Gasteiger partial charge in [0.25, 0.3) is 0 Å². The Morgan fingerprint density at radius 3 is 2.50 bits per heavy atom. The molecular weight excluding hydrogens is 256 g/mol. The third-order valence-electron chi connectivity index (χ3n) is 4.90. The molecular formula is C15H28N2O3. The second-order valence-electron chi connectivity index (χ2n) is 7.00. The summed E-state index contributed by atoms with van der Waals surface area (Å²) in [6, 6.07) is 0. The Hall–Kier alpha value is -0.650. The summed E-state index contributed by atoms with van der Waals surface area (Å²) in [5.41, 5.74) is 4.39. The van der Waals surface area contributed by atoms with Gasteiger partial charge in [0, 0.05) is 32.2 Å². The third kappa shape index (κ3) is 3.00. The average Bonchev–Trinajstić information content (AvgIpc) is 2.41. The van der Waals surface area contributed by atoms with Crippen molar-refractivity contribution in [2.75, 3.05) is 26.3 Å². The van der Waals surface area contributed by atoms with Crippen LogP contribution >= 0.6 is 0 Å². The summed E-state index contributed by atoms with van der Waals surface area (Å²) in [6.07, 6.45) is 2.47. The molecule has 0 aromatic carbocycles. The molecule has 2 aliphatic heterocycles. The first-order chi connectivity index (χ1) is 9.25. The number of nitrogens with zero attached hydrogens (tertiary/aromatic N) is 1. The van der Waals surface area contributed by atoms with Crippen LogP contribution in [0.5, 0.6) is 0 Å². The molecule has 0 unspecified atom stereocenters. The zero-order valence-corrected chi connectivity index (χ0v) is 12.9. The number of rotatable bonds is 2. The van der Waals surface area contributed by atoms with Crippen LogP contribution in [0, 0.1) is 11.8 Å². The Kier molecular flexibility index (Phi) is 4.42. The van der Waals surface area contributed by atoms with Gasteiger partial charge in [-0.15, -0.1) is 0 Å². The maximum atomic E-state index is 12.3. The molecule has 2 heterocycles. The van der Waals surface area contributed by atoms with Gasteiger partial charge in [0.05, 0.1) is 11.1 Å². The van der Waals surface area contributed by atoms with E-state index in [1.54, 1.807) is 18.7 Å². The molecule has 3 N–H and O–H groups in total. The minimum Gasteiger partial charge on any atom is -0.389 e. The molecule has 2 aliphatic rings. The summed E-state index contributed by atoms with van der Waals surface area (Å²) < 4.78 is 5.38. The Bertz CT molecular complexity index is 361. The van der Waals surface area contributed by atoms with E-state index in [-0.39, 0.29) is 17.7 Å². The van der Waals surface area contributed by atoms with Gasteiger partial charge in [-0.25, -0.2) is 0 Å². The van der Waals surface area contributed by atoms with Crippen molar-refractivity contribution in [3.05, 3.63) is 0 Å². The van der Waals surface area contributed by atoms with E-state index in [0.717, 1.165) is 26.1 Å². The molecule has 1 amide bonds. The first-order valence-corrected chi connectivity index (χ1v) is 7.63. The van der Waals surface area contributed by atoms with Crippen LogP contribution in [-0.2, 0) is 9.53 Å². The van der Waals surface area contributed by atoms with Crippen molar-refractivity contribution in [2.24, 2.45) is 17.6 Å². The van der Waals surface area contributed by atoms with Crippen LogP contribution in [0.1, 0.15) is 40.0 Å². The molecule has 5 heteroatoms. The highest BCUT2D eigenvalue weighted by atomic mass is 16.5. The van der Waals surface area contributed by atoms with Gasteiger partial charge in [0.2, 0.25) is 5.91 Å². The zero-order valence-electron chi connectivity index (χ0n) is 12.9. The largest absolute Gasteiger partial charge is 0.389 e. The molecule has 5 nitrogen and oxygen atoms in total. The number of nitrogens with two attached hydrogens (primary N) is 1. The molecule has 0 spiro atoms. The summed E-state index contributed by atoms with van der Waals surface area (Å²) in [6.45, 7) is 8.16. The number of hydrogen-bond donors (Lipinski definition) is 2. The van der Waals surface area contributed by atoms with Crippen LogP contribution in [0.2, 0.25) is 0 Å². The second-order valence-corrected chi connectivity index (χ2v) is 7.00. The molecule has 0 bridgehead atoms. The molecule has 2 saturated heterocycles. The standard InChI is InChI=1S/C15H28N2O3/c1-11-10-17(13(18)14(2,3)16)7-6-15(11,19)12-4-8-20-9-5-12/h11-12,19H,4-10,16H2,1-3H3/t11-,15+/m1/s1. The highest BCUT2D eigenvalue weighted by molar-refractivity contribution is 5.85. The summed E-state index contributed by atoms with van der Waals surface area (Å²) in [5.74, 6) is 0.332. The van der Waals surface area contributed by atoms with Gasteiger partial charge in [-0.3, -0.25) is 4.79 Å². The quantitative estimate of drug-likeness (QED) is 0.784. The summed E-state index contributed by atoms with van der Waals surface area (Å²) in [4.78, 5) is 14.1. The number of amides is 1. The van der Waals surface area contributed by atoms with Crippen LogP contribution in [0.4, 0.5) is 0 Å². The maximum absolute atomic E-state index is 12.3. The van der Waals surface area contributed by atoms with E-state index in [1.807, 2.05) is 6.92 Å². The Morgan fingerprint density at radius 2 is 2.00 bits per heavy atom. The van der Waals surface area contributed by atoms with Crippen molar-refractivity contribution in [1.29, 1.82) is 0 Å². The lowest BCUT2D eigenvalue weighted by molar-refractivity contribution is -0.154. The van der Waals surface area contributed by atoms with Crippen LogP contribution in [0.3, 0.4) is 0 Å². The van der Waals surface area contributed by atoms with E-state index in [0.29, 0.717) is 19.5 Å². The fraction of sp³-hybridized carbons (Fsp3) is 0.933. The maximum Gasteiger partial charge on any atom is 0.242 e. The Morgan fingerprint density at radius 1 is 1.40 bits per heavy atom. The lowest BCUT2D eigenvalue weighted by Crippen LogP contribution is -2.60. The average molecular weight is 284 g/mol. The number of ether oxygens (including phenoxy) is 1. The number of likely N-dealkylation sites (tertiary alicyclic amines) is 1. The number of carbonyl (C=O) groups excluding carboxylic acids is 1. The number of piperidine rings is 1. The normalized spacial score (nSPS) is 33.2. The van der Waals surface area contributed by atoms with Crippen molar-refractivity contribution in [3.63, 3.8) is 0 Å². The van der Waals surface area contributed by atoms with Gasteiger partial charge in [-0.05, 0) is 39.0 Å². The van der Waals surface area contributed by atoms with Crippen molar-refractivity contribution < 1.29 is 14.6 Å². The minimum absolute atomic E-state index is 0.0293. The zero-order chi connectivity index (χ0) is 15.0. The van der Waals surface area contributed by atoms with E-state index in [2.05, 4.69) is 0 Å². The van der Waals surface area contributed by atoms with Gasteiger partial charge in [0.1, 0.15) is 0 Å². The SMILES string of the molecule is C[C@@H]1CN(C(=O)C(C)(C)N)CC[C@@]1(O)C1CCOCC1. The fourth-order valence-corrected chi connectivity index (χ4v) is 3.54. The lowest BCUT2D eigenvalue weighted by atomic mass is 9.70. The van der Waals surface area contributed by atoms with Crippen molar-refractivity contribution in [1.82, 2.24) is 4.90 Å². The first-order valence-electron chi connectivity index (χ1n) is 7.63. The third-order valence-corrected chi connectivity index (χ3v) is 4.90. The van der Waals surface area contributed by atoms with E-state index in [9.17, 15) is 9.90 Å². The fourth-order valence-electron chi connectivity index (χ4n) is 3.54. The van der Waals surface area contributed by atoms with E-state index < -0.39 is 11.1 Å². The predicted octanol–water partition coefficient (Wildman–Crippen LogP) is 0.750.